The summed E-state index contributed by atoms with van der Waals surface area (Å²) < 4.78 is 2.18. The van der Waals surface area contributed by atoms with Gasteiger partial charge in [0.25, 0.3) is 0 Å². The van der Waals surface area contributed by atoms with Crippen molar-refractivity contribution in [1.29, 1.82) is 0 Å². The lowest BCUT2D eigenvalue weighted by Gasteiger charge is -2.25. The van der Waals surface area contributed by atoms with Gasteiger partial charge in [-0.25, -0.2) is 4.98 Å². The molecule has 1 aliphatic carbocycles. The SMILES string of the molecule is CC1(C)c2ccccc2-c2cc(-c3nc(-c4ccc(-c5ccc(N(c6ccccc6)c6ccccc6)cc5)cc4)nc(-n4c5ccccc5c5ccccc54)n3)ccc21. The molecule has 0 spiro atoms. The van der Waals surface area contributed by atoms with Crippen molar-refractivity contribution in [2.24, 2.45) is 0 Å². The van der Waals surface area contributed by atoms with Gasteiger partial charge in [-0.15, -0.1) is 0 Å². The van der Waals surface area contributed by atoms with E-state index in [0.717, 1.165) is 61.1 Å². The van der Waals surface area contributed by atoms with Gasteiger partial charge in [-0.05, 0) is 88.0 Å². The third-order valence-electron chi connectivity index (χ3n) is 11.9. The number of fused-ring (bicyclic) bond motifs is 6. The van der Waals surface area contributed by atoms with E-state index in [1.54, 1.807) is 0 Å². The van der Waals surface area contributed by atoms with E-state index in [1.807, 2.05) is 0 Å². The maximum absolute atomic E-state index is 5.26. The molecule has 0 atom stereocenters. The second kappa shape index (κ2) is 13.8. The van der Waals surface area contributed by atoms with Crippen LogP contribution in [0.5, 0.6) is 0 Å². The molecule has 0 saturated heterocycles. The van der Waals surface area contributed by atoms with E-state index in [2.05, 4.69) is 224 Å². The van der Waals surface area contributed by atoms with E-state index in [0.29, 0.717) is 17.6 Å². The lowest BCUT2D eigenvalue weighted by molar-refractivity contribution is 0.660. The highest BCUT2D eigenvalue weighted by Crippen LogP contribution is 2.49. The molecule has 10 aromatic rings. The van der Waals surface area contributed by atoms with Crippen LogP contribution in [0.25, 0.3) is 72.8 Å². The molecule has 0 bridgehead atoms. The third kappa shape index (κ3) is 5.81. The number of aromatic nitrogens is 4. The molecule has 0 aliphatic heterocycles. The minimum absolute atomic E-state index is 0.0892. The van der Waals surface area contributed by atoms with Crippen LogP contribution in [0.2, 0.25) is 0 Å². The first-order chi connectivity index (χ1) is 29.0. The van der Waals surface area contributed by atoms with Gasteiger partial charge in [0.1, 0.15) is 0 Å². The van der Waals surface area contributed by atoms with Gasteiger partial charge >= 0.3 is 0 Å². The number of hydrogen-bond acceptors (Lipinski definition) is 4. The molecule has 0 amide bonds. The standard InChI is InChI=1S/C54H39N5/c1-54(2)47-22-12-9-19-43(47)46-35-39(31-34-48(46)54)52-55-51(56-53(57-52)59-49-23-13-10-20-44(49)45-21-11-14-24-50(45)59)38-27-25-36(26-28-38)37-29-32-42(33-30-37)58(40-15-5-3-6-16-40)41-17-7-4-8-18-41/h3-35H,1-2H3. The predicted octanol–water partition coefficient (Wildman–Crippen LogP) is 13.7. The zero-order valence-corrected chi connectivity index (χ0v) is 32.8. The third-order valence-corrected chi connectivity index (χ3v) is 11.9. The average Bonchev–Trinajstić information content (AvgIpc) is 3.75. The molecule has 5 heteroatoms. The molecule has 11 rings (SSSR count). The number of para-hydroxylation sites is 4. The summed E-state index contributed by atoms with van der Waals surface area (Å²) in [5.74, 6) is 1.85. The van der Waals surface area contributed by atoms with Crippen molar-refractivity contribution >= 4 is 38.9 Å². The minimum atomic E-state index is -0.0892. The van der Waals surface area contributed by atoms with E-state index in [9.17, 15) is 0 Å². The Bertz CT molecular complexity index is 3070. The molecule has 0 unspecified atom stereocenters. The fraction of sp³-hybridized carbons (Fsp3) is 0.0556. The van der Waals surface area contributed by atoms with Crippen molar-refractivity contribution in [2.45, 2.75) is 19.3 Å². The van der Waals surface area contributed by atoms with Crippen LogP contribution in [-0.4, -0.2) is 19.5 Å². The molecule has 2 heterocycles. The normalized spacial score (nSPS) is 12.7. The fourth-order valence-corrected chi connectivity index (χ4v) is 8.94. The Kier molecular flexibility index (Phi) is 8.09. The van der Waals surface area contributed by atoms with E-state index in [4.69, 9.17) is 15.0 Å². The topological polar surface area (TPSA) is 46.8 Å². The molecule has 2 aromatic heterocycles. The zero-order chi connectivity index (χ0) is 39.5. The molecule has 0 fully saturated rings. The van der Waals surface area contributed by atoms with Crippen LogP contribution in [0.3, 0.4) is 0 Å². The van der Waals surface area contributed by atoms with Crippen molar-refractivity contribution in [2.75, 3.05) is 4.90 Å². The van der Waals surface area contributed by atoms with Gasteiger partial charge in [-0.3, -0.25) is 4.57 Å². The molecule has 280 valence electrons. The highest BCUT2D eigenvalue weighted by Gasteiger charge is 2.35. The van der Waals surface area contributed by atoms with E-state index in [-0.39, 0.29) is 5.41 Å². The van der Waals surface area contributed by atoms with Crippen molar-refractivity contribution < 1.29 is 0 Å². The van der Waals surface area contributed by atoms with Gasteiger partial charge in [0.2, 0.25) is 5.95 Å². The Hall–Kier alpha value is -7.63. The van der Waals surface area contributed by atoms with Gasteiger partial charge < -0.3 is 4.90 Å². The van der Waals surface area contributed by atoms with Crippen molar-refractivity contribution in [3.63, 3.8) is 0 Å². The zero-order valence-electron chi connectivity index (χ0n) is 32.8. The largest absolute Gasteiger partial charge is 0.311 e. The van der Waals surface area contributed by atoms with Gasteiger partial charge in [-0.2, -0.15) is 9.97 Å². The summed E-state index contributed by atoms with van der Waals surface area (Å²) in [6.45, 7) is 4.61. The maximum atomic E-state index is 5.26. The maximum Gasteiger partial charge on any atom is 0.238 e. The van der Waals surface area contributed by atoms with E-state index < -0.39 is 0 Å². The molecule has 5 nitrogen and oxygen atoms in total. The van der Waals surface area contributed by atoms with Gasteiger partial charge in [0.05, 0.1) is 11.0 Å². The summed E-state index contributed by atoms with van der Waals surface area (Å²) in [5.41, 5.74) is 14.6. The van der Waals surface area contributed by atoms with Gasteiger partial charge in [0.15, 0.2) is 11.6 Å². The number of hydrogen-bond donors (Lipinski definition) is 0. The number of anilines is 3. The second-order valence-electron chi connectivity index (χ2n) is 15.7. The molecular weight excluding hydrogens is 719 g/mol. The smallest absolute Gasteiger partial charge is 0.238 e. The predicted molar refractivity (Wildman–Crippen MR) is 243 cm³/mol. The molecular formula is C54H39N5. The van der Waals surface area contributed by atoms with Crippen LogP contribution in [-0.2, 0) is 5.41 Å². The quantitative estimate of drug-likeness (QED) is 0.162. The molecule has 0 N–H and O–H groups in total. The Labute approximate surface area is 343 Å². The highest BCUT2D eigenvalue weighted by molar-refractivity contribution is 6.09. The summed E-state index contributed by atoms with van der Waals surface area (Å²) in [4.78, 5) is 18.0. The van der Waals surface area contributed by atoms with Gasteiger partial charge in [0, 0.05) is 44.4 Å². The Balaban J connectivity index is 1.01. The second-order valence-corrected chi connectivity index (χ2v) is 15.7. The van der Waals surface area contributed by atoms with E-state index in [1.165, 1.54) is 22.3 Å². The summed E-state index contributed by atoms with van der Waals surface area (Å²) in [6, 6.07) is 70.7. The van der Waals surface area contributed by atoms with Crippen LogP contribution >= 0.6 is 0 Å². The molecule has 0 radical (unpaired) electrons. The Morgan fingerprint density at radius 1 is 0.390 bits per heavy atom. The average molecular weight is 758 g/mol. The molecule has 1 aliphatic rings. The number of benzene rings is 8. The van der Waals surface area contributed by atoms with Crippen molar-refractivity contribution in [3.05, 3.63) is 211 Å². The first-order valence-corrected chi connectivity index (χ1v) is 20.1. The van der Waals surface area contributed by atoms with Crippen LogP contribution in [0, 0.1) is 0 Å². The molecule has 8 aromatic carbocycles. The number of nitrogens with zero attached hydrogens (tertiary/aromatic N) is 5. The van der Waals surface area contributed by atoms with Crippen molar-refractivity contribution in [3.8, 4) is 51.0 Å². The summed E-state index contributed by atoms with van der Waals surface area (Å²) in [7, 11) is 0. The fourth-order valence-electron chi connectivity index (χ4n) is 8.94. The lowest BCUT2D eigenvalue weighted by atomic mass is 9.82. The highest BCUT2D eigenvalue weighted by atomic mass is 15.2. The lowest BCUT2D eigenvalue weighted by Crippen LogP contribution is -2.14. The molecule has 59 heavy (non-hydrogen) atoms. The van der Waals surface area contributed by atoms with Crippen LogP contribution in [0.1, 0.15) is 25.0 Å². The first kappa shape index (κ1) is 34.6. The van der Waals surface area contributed by atoms with Crippen LogP contribution in [0.15, 0.2) is 200 Å². The Morgan fingerprint density at radius 2 is 0.847 bits per heavy atom. The summed E-state index contributed by atoms with van der Waals surface area (Å²) in [5, 5.41) is 2.32. The van der Waals surface area contributed by atoms with Crippen LogP contribution < -0.4 is 4.90 Å². The first-order valence-electron chi connectivity index (χ1n) is 20.1. The summed E-state index contributed by atoms with van der Waals surface area (Å²) in [6.07, 6.45) is 0. The van der Waals surface area contributed by atoms with Gasteiger partial charge in [-0.1, -0.05) is 159 Å². The Morgan fingerprint density at radius 3 is 1.47 bits per heavy atom. The number of rotatable bonds is 7. The summed E-state index contributed by atoms with van der Waals surface area (Å²) >= 11 is 0. The van der Waals surface area contributed by atoms with Crippen LogP contribution in [0.4, 0.5) is 17.1 Å². The minimum Gasteiger partial charge on any atom is -0.311 e. The molecule has 0 saturated carbocycles. The monoisotopic (exact) mass is 757 g/mol. The van der Waals surface area contributed by atoms with Crippen molar-refractivity contribution in [1.82, 2.24) is 19.5 Å². The van der Waals surface area contributed by atoms with E-state index >= 15 is 0 Å².